The highest BCUT2D eigenvalue weighted by Gasteiger charge is 2.29. The standard InChI is InChI=1S/C18H28N4O3S.HI/c1-15-14-21(11-12-25-15)18(19)20-13-16-7-9-22(10-8-16)26(23,24)17-5-3-2-4-6-17;/h2-6,15-16H,7-14H2,1H3,(H2,19,20);1H. The largest absolute Gasteiger partial charge is 0.375 e. The predicted octanol–water partition coefficient (Wildman–Crippen LogP) is 1.74. The van der Waals surface area contributed by atoms with E-state index in [1.165, 1.54) is 0 Å². The maximum Gasteiger partial charge on any atom is 0.243 e. The summed E-state index contributed by atoms with van der Waals surface area (Å²) in [6.45, 7) is 5.96. The summed E-state index contributed by atoms with van der Waals surface area (Å²) in [5.41, 5.74) is 6.11. The molecule has 0 amide bonds. The summed E-state index contributed by atoms with van der Waals surface area (Å²) in [5.74, 6) is 0.939. The number of benzene rings is 1. The van der Waals surface area contributed by atoms with Gasteiger partial charge < -0.3 is 15.4 Å². The molecule has 9 heteroatoms. The predicted molar refractivity (Wildman–Crippen MR) is 117 cm³/mol. The van der Waals surface area contributed by atoms with Crippen molar-refractivity contribution in [2.24, 2.45) is 16.6 Å². The van der Waals surface area contributed by atoms with E-state index in [0.717, 1.165) is 25.9 Å². The van der Waals surface area contributed by atoms with E-state index in [9.17, 15) is 8.42 Å². The van der Waals surface area contributed by atoms with Gasteiger partial charge in [-0.2, -0.15) is 4.31 Å². The first-order valence-electron chi connectivity index (χ1n) is 9.18. The molecule has 2 fully saturated rings. The van der Waals surface area contributed by atoms with E-state index >= 15 is 0 Å². The Morgan fingerprint density at radius 2 is 1.89 bits per heavy atom. The first-order valence-corrected chi connectivity index (χ1v) is 10.6. The average Bonchev–Trinajstić information content (AvgIpc) is 2.67. The Kier molecular flexibility index (Phi) is 8.32. The summed E-state index contributed by atoms with van der Waals surface area (Å²) in [5, 5.41) is 0. The van der Waals surface area contributed by atoms with Crippen LogP contribution in [0.25, 0.3) is 0 Å². The Morgan fingerprint density at radius 3 is 2.52 bits per heavy atom. The highest BCUT2D eigenvalue weighted by Crippen LogP contribution is 2.24. The summed E-state index contributed by atoms with van der Waals surface area (Å²) in [7, 11) is -3.39. The van der Waals surface area contributed by atoms with Gasteiger partial charge in [-0.3, -0.25) is 4.99 Å². The van der Waals surface area contributed by atoms with Crippen molar-refractivity contribution in [1.82, 2.24) is 9.21 Å². The lowest BCUT2D eigenvalue weighted by molar-refractivity contribution is 0.00526. The highest BCUT2D eigenvalue weighted by molar-refractivity contribution is 14.0. The van der Waals surface area contributed by atoms with Gasteiger partial charge in [0.15, 0.2) is 5.96 Å². The molecule has 2 aliphatic heterocycles. The minimum atomic E-state index is -3.39. The quantitative estimate of drug-likeness (QED) is 0.381. The van der Waals surface area contributed by atoms with E-state index in [-0.39, 0.29) is 30.1 Å². The van der Waals surface area contributed by atoms with Gasteiger partial charge in [-0.25, -0.2) is 8.42 Å². The summed E-state index contributed by atoms with van der Waals surface area (Å²) in [6.07, 6.45) is 1.79. The number of sulfonamides is 1. The summed E-state index contributed by atoms with van der Waals surface area (Å²) in [6, 6.07) is 8.63. The zero-order valence-electron chi connectivity index (χ0n) is 15.7. The molecule has 3 rings (SSSR count). The number of nitrogens with zero attached hydrogens (tertiary/aromatic N) is 3. The normalized spacial score (nSPS) is 23.1. The van der Waals surface area contributed by atoms with Gasteiger partial charge in [0.2, 0.25) is 10.0 Å². The molecule has 0 aliphatic carbocycles. The van der Waals surface area contributed by atoms with Crippen LogP contribution >= 0.6 is 24.0 Å². The second-order valence-electron chi connectivity index (χ2n) is 6.99. The van der Waals surface area contributed by atoms with Gasteiger partial charge in [-0.1, -0.05) is 18.2 Å². The molecule has 27 heavy (non-hydrogen) atoms. The number of nitrogens with two attached hydrogens (primary N) is 1. The van der Waals surface area contributed by atoms with Gasteiger partial charge in [0.1, 0.15) is 0 Å². The molecule has 1 atom stereocenters. The minimum Gasteiger partial charge on any atom is -0.375 e. The molecule has 1 aromatic carbocycles. The first kappa shape index (κ1) is 22.4. The van der Waals surface area contributed by atoms with Gasteiger partial charge in [0, 0.05) is 32.7 Å². The molecule has 1 aromatic rings. The Labute approximate surface area is 179 Å². The van der Waals surface area contributed by atoms with Crippen molar-refractivity contribution < 1.29 is 13.2 Å². The van der Waals surface area contributed by atoms with E-state index in [2.05, 4.69) is 9.89 Å². The summed E-state index contributed by atoms with van der Waals surface area (Å²) in [4.78, 5) is 6.97. The lowest BCUT2D eigenvalue weighted by Crippen LogP contribution is -2.48. The van der Waals surface area contributed by atoms with Crippen molar-refractivity contribution in [3.63, 3.8) is 0 Å². The zero-order valence-corrected chi connectivity index (χ0v) is 18.8. The number of piperidine rings is 1. The van der Waals surface area contributed by atoms with Crippen LogP contribution in [0.4, 0.5) is 0 Å². The minimum absolute atomic E-state index is 0. The molecule has 2 aliphatic rings. The SMILES string of the molecule is CC1CN(C(N)=NCC2CCN(S(=O)(=O)c3ccccc3)CC2)CCO1.I. The fourth-order valence-electron chi connectivity index (χ4n) is 3.42. The van der Waals surface area contributed by atoms with E-state index < -0.39 is 10.0 Å². The molecule has 1 unspecified atom stereocenters. The molecule has 2 N–H and O–H groups in total. The Bertz CT molecular complexity index is 721. The Balaban J connectivity index is 0.00000261. The highest BCUT2D eigenvalue weighted by atomic mass is 127. The molecule has 152 valence electrons. The van der Waals surface area contributed by atoms with Crippen molar-refractivity contribution in [1.29, 1.82) is 0 Å². The monoisotopic (exact) mass is 508 g/mol. The van der Waals surface area contributed by atoms with Crippen LogP contribution in [0.3, 0.4) is 0 Å². The van der Waals surface area contributed by atoms with Crippen LogP contribution in [-0.2, 0) is 14.8 Å². The van der Waals surface area contributed by atoms with Crippen molar-refractivity contribution in [3.8, 4) is 0 Å². The van der Waals surface area contributed by atoms with Gasteiger partial charge in [-0.05, 0) is 37.8 Å². The second kappa shape index (κ2) is 10.0. The molecule has 0 aromatic heterocycles. The van der Waals surface area contributed by atoms with Gasteiger partial charge in [-0.15, -0.1) is 24.0 Å². The molecule has 0 saturated carbocycles. The number of aliphatic imine (C=N–C) groups is 1. The van der Waals surface area contributed by atoms with Crippen LogP contribution in [0, 0.1) is 5.92 Å². The fourth-order valence-corrected chi connectivity index (χ4v) is 4.91. The van der Waals surface area contributed by atoms with E-state index in [1.807, 2.05) is 13.0 Å². The van der Waals surface area contributed by atoms with Crippen LogP contribution in [0.5, 0.6) is 0 Å². The van der Waals surface area contributed by atoms with Crippen LogP contribution < -0.4 is 5.73 Å². The van der Waals surface area contributed by atoms with Crippen molar-refractivity contribution in [3.05, 3.63) is 30.3 Å². The van der Waals surface area contributed by atoms with Crippen molar-refractivity contribution in [2.75, 3.05) is 39.3 Å². The first-order chi connectivity index (χ1) is 12.5. The van der Waals surface area contributed by atoms with Crippen LogP contribution in [-0.4, -0.2) is 69.0 Å². The lowest BCUT2D eigenvalue weighted by Gasteiger charge is -2.33. The van der Waals surface area contributed by atoms with E-state index in [0.29, 0.717) is 43.0 Å². The number of guanidine groups is 1. The third-order valence-electron chi connectivity index (χ3n) is 5.03. The Hall–Kier alpha value is -0.910. The van der Waals surface area contributed by atoms with E-state index in [4.69, 9.17) is 10.5 Å². The summed E-state index contributed by atoms with van der Waals surface area (Å²) < 4.78 is 32.4. The number of hydrogen-bond acceptors (Lipinski definition) is 4. The second-order valence-corrected chi connectivity index (χ2v) is 8.92. The zero-order chi connectivity index (χ0) is 18.6. The van der Waals surface area contributed by atoms with Gasteiger partial charge >= 0.3 is 0 Å². The van der Waals surface area contributed by atoms with Crippen molar-refractivity contribution >= 4 is 40.0 Å². The topological polar surface area (TPSA) is 88.2 Å². The van der Waals surface area contributed by atoms with Gasteiger partial charge in [0.25, 0.3) is 0 Å². The molecule has 2 heterocycles. The van der Waals surface area contributed by atoms with Crippen LogP contribution in [0.15, 0.2) is 40.2 Å². The molecule has 0 radical (unpaired) electrons. The number of halogens is 1. The van der Waals surface area contributed by atoms with Crippen LogP contribution in [0.2, 0.25) is 0 Å². The lowest BCUT2D eigenvalue weighted by atomic mass is 9.98. The number of ether oxygens (including phenoxy) is 1. The number of hydrogen-bond donors (Lipinski definition) is 1. The molecular formula is C18H29IN4O3S. The average molecular weight is 508 g/mol. The number of rotatable bonds is 4. The summed E-state index contributed by atoms with van der Waals surface area (Å²) >= 11 is 0. The molecule has 0 spiro atoms. The molecular weight excluding hydrogens is 479 g/mol. The smallest absolute Gasteiger partial charge is 0.243 e. The van der Waals surface area contributed by atoms with Gasteiger partial charge in [0.05, 0.1) is 17.6 Å². The molecule has 2 saturated heterocycles. The maximum atomic E-state index is 12.7. The third-order valence-corrected chi connectivity index (χ3v) is 6.94. The molecule has 0 bridgehead atoms. The van der Waals surface area contributed by atoms with Crippen molar-refractivity contribution in [2.45, 2.75) is 30.8 Å². The number of morpholine rings is 1. The van der Waals surface area contributed by atoms with E-state index in [1.54, 1.807) is 28.6 Å². The maximum absolute atomic E-state index is 12.7. The molecule has 7 nitrogen and oxygen atoms in total. The fraction of sp³-hybridized carbons (Fsp3) is 0.611. The van der Waals surface area contributed by atoms with Crippen LogP contribution in [0.1, 0.15) is 19.8 Å². The Morgan fingerprint density at radius 1 is 1.22 bits per heavy atom. The third kappa shape index (κ3) is 5.78.